The topological polar surface area (TPSA) is 67.2 Å². The molecule has 1 N–H and O–H groups in total. The number of nitrogens with one attached hydrogen (secondary N) is 1. The van der Waals surface area contributed by atoms with Gasteiger partial charge in [-0.15, -0.1) is 0 Å². The largest absolute Gasteiger partial charge is 0.354 e. The minimum absolute atomic E-state index is 0.137. The van der Waals surface area contributed by atoms with E-state index in [0.29, 0.717) is 18.5 Å². The minimum atomic E-state index is -0.676. The van der Waals surface area contributed by atoms with Gasteiger partial charge in [-0.25, -0.2) is 0 Å². The summed E-state index contributed by atoms with van der Waals surface area (Å²) in [5.74, 6) is -0.402. The number of aryl methyl sites for hydroxylation is 1. The Morgan fingerprint density at radius 2 is 1.90 bits per heavy atom. The summed E-state index contributed by atoms with van der Waals surface area (Å²) in [6.07, 6.45) is 7.82. The van der Waals surface area contributed by atoms with Crippen LogP contribution in [0.25, 0.3) is 0 Å². The third-order valence-electron chi connectivity index (χ3n) is 4.77. The maximum absolute atomic E-state index is 13.2. The second-order valence-corrected chi connectivity index (χ2v) is 7.00. The number of rotatable bonds is 8. The number of amides is 2. The quantitative estimate of drug-likeness (QED) is 0.643. The van der Waals surface area contributed by atoms with E-state index in [9.17, 15) is 9.59 Å². The van der Waals surface area contributed by atoms with Crippen molar-refractivity contribution in [2.24, 2.45) is 0 Å². The Labute approximate surface area is 171 Å². The average molecular weight is 390 g/mol. The molecule has 0 aliphatic rings. The number of aromatic nitrogens is 2. The molecule has 3 rings (SSSR count). The predicted octanol–water partition coefficient (Wildman–Crippen LogP) is 2.90. The summed E-state index contributed by atoms with van der Waals surface area (Å²) >= 11 is 0. The number of nitrogens with zero attached hydrogens (tertiary/aromatic N) is 3. The molecule has 0 aliphatic heterocycles. The highest BCUT2D eigenvalue weighted by Gasteiger charge is 2.25. The van der Waals surface area contributed by atoms with Gasteiger partial charge in [-0.1, -0.05) is 24.3 Å². The molecular formula is C23H26N4O2. The molecule has 0 aliphatic carbocycles. The van der Waals surface area contributed by atoms with Gasteiger partial charge in [-0.3, -0.25) is 14.6 Å². The van der Waals surface area contributed by atoms with Crippen LogP contribution in [0.1, 0.15) is 28.4 Å². The van der Waals surface area contributed by atoms with Crippen molar-refractivity contribution in [1.29, 1.82) is 0 Å². The second-order valence-electron chi connectivity index (χ2n) is 7.00. The van der Waals surface area contributed by atoms with Gasteiger partial charge in [0.25, 0.3) is 5.91 Å². The predicted molar refractivity (Wildman–Crippen MR) is 112 cm³/mol. The van der Waals surface area contributed by atoms with Gasteiger partial charge in [0.05, 0.1) is 0 Å². The Balaban J connectivity index is 1.75. The lowest BCUT2D eigenvalue weighted by Gasteiger charge is -2.24. The molecule has 0 fully saturated rings. The SMILES string of the molecule is CCn1ccc(CN(C)C(=O)[C@H](Cc2cccnc2)NC(=O)c2ccccc2)c1. The van der Waals surface area contributed by atoms with Crippen molar-refractivity contribution in [3.8, 4) is 0 Å². The summed E-state index contributed by atoms with van der Waals surface area (Å²) in [7, 11) is 1.76. The lowest BCUT2D eigenvalue weighted by molar-refractivity contribution is -0.132. The normalized spacial score (nSPS) is 11.7. The van der Waals surface area contributed by atoms with Gasteiger partial charge in [0.2, 0.25) is 5.91 Å². The third kappa shape index (κ3) is 5.54. The molecule has 6 heteroatoms. The summed E-state index contributed by atoms with van der Waals surface area (Å²) < 4.78 is 2.07. The van der Waals surface area contributed by atoms with Crippen molar-refractivity contribution >= 4 is 11.8 Å². The highest BCUT2D eigenvalue weighted by atomic mass is 16.2. The molecule has 0 unspecified atom stereocenters. The number of carbonyl (C=O) groups is 2. The third-order valence-corrected chi connectivity index (χ3v) is 4.77. The molecule has 0 bridgehead atoms. The maximum Gasteiger partial charge on any atom is 0.251 e. The molecule has 0 saturated carbocycles. The molecule has 0 saturated heterocycles. The monoisotopic (exact) mass is 390 g/mol. The van der Waals surface area contributed by atoms with Gasteiger partial charge in [-0.05, 0) is 42.3 Å². The number of likely N-dealkylation sites (N-methyl/N-ethyl adjacent to an activating group) is 1. The number of benzene rings is 1. The molecule has 2 amide bonds. The Bertz CT molecular complexity index is 938. The summed E-state index contributed by atoms with van der Waals surface area (Å²) in [6, 6.07) is 14.0. The van der Waals surface area contributed by atoms with E-state index in [0.717, 1.165) is 17.7 Å². The molecule has 1 atom stereocenters. The van der Waals surface area contributed by atoms with Gasteiger partial charge < -0.3 is 14.8 Å². The molecule has 0 radical (unpaired) electrons. The molecule has 29 heavy (non-hydrogen) atoms. The highest BCUT2D eigenvalue weighted by Crippen LogP contribution is 2.10. The first-order valence-electron chi connectivity index (χ1n) is 9.71. The number of hydrogen-bond acceptors (Lipinski definition) is 3. The van der Waals surface area contributed by atoms with E-state index in [2.05, 4.69) is 21.8 Å². The molecule has 1 aromatic carbocycles. The van der Waals surface area contributed by atoms with E-state index < -0.39 is 6.04 Å². The molecule has 2 heterocycles. The van der Waals surface area contributed by atoms with Crippen molar-refractivity contribution in [2.75, 3.05) is 7.05 Å². The fourth-order valence-electron chi connectivity index (χ4n) is 3.18. The number of carbonyl (C=O) groups excluding carboxylic acids is 2. The summed E-state index contributed by atoms with van der Waals surface area (Å²) in [5, 5.41) is 2.90. The molecule has 0 spiro atoms. The molecular weight excluding hydrogens is 364 g/mol. The van der Waals surface area contributed by atoms with E-state index in [1.165, 1.54) is 0 Å². The summed E-state index contributed by atoms with van der Waals surface area (Å²) in [5.41, 5.74) is 2.47. The Kier molecular flexibility index (Phi) is 6.79. The van der Waals surface area contributed by atoms with Gasteiger partial charge in [0.15, 0.2) is 0 Å². The Hall–Kier alpha value is -3.41. The van der Waals surface area contributed by atoms with Gasteiger partial charge in [0.1, 0.15) is 6.04 Å². The first-order chi connectivity index (χ1) is 14.1. The fourth-order valence-corrected chi connectivity index (χ4v) is 3.18. The van der Waals surface area contributed by atoms with Crippen LogP contribution in [0, 0.1) is 0 Å². The van der Waals surface area contributed by atoms with Gasteiger partial charge in [-0.2, -0.15) is 0 Å². The second kappa shape index (κ2) is 9.68. The van der Waals surface area contributed by atoms with Crippen LogP contribution in [0.15, 0.2) is 73.3 Å². The van der Waals surface area contributed by atoms with E-state index in [-0.39, 0.29) is 11.8 Å². The van der Waals surface area contributed by atoms with Gasteiger partial charge >= 0.3 is 0 Å². The average Bonchev–Trinajstić information content (AvgIpc) is 3.21. The van der Waals surface area contributed by atoms with Crippen molar-refractivity contribution < 1.29 is 9.59 Å². The minimum Gasteiger partial charge on any atom is -0.354 e. The smallest absolute Gasteiger partial charge is 0.251 e. The number of pyridine rings is 1. The maximum atomic E-state index is 13.2. The number of hydrogen-bond donors (Lipinski definition) is 1. The van der Waals surface area contributed by atoms with E-state index in [1.54, 1.807) is 48.6 Å². The van der Waals surface area contributed by atoms with Crippen LogP contribution in [0.2, 0.25) is 0 Å². The van der Waals surface area contributed by atoms with Gasteiger partial charge in [0, 0.05) is 56.9 Å². The van der Waals surface area contributed by atoms with Crippen LogP contribution in [0.5, 0.6) is 0 Å². The summed E-state index contributed by atoms with van der Waals surface area (Å²) in [4.78, 5) is 31.6. The van der Waals surface area contributed by atoms with Crippen LogP contribution >= 0.6 is 0 Å². The fraction of sp³-hybridized carbons (Fsp3) is 0.261. The van der Waals surface area contributed by atoms with E-state index in [4.69, 9.17) is 0 Å². The van der Waals surface area contributed by atoms with Crippen LogP contribution < -0.4 is 5.32 Å². The van der Waals surface area contributed by atoms with Crippen molar-refractivity contribution in [3.63, 3.8) is 0 Å². The van der Waals surface area contributed by atoms with Crippen molar-refractivity contribution in [2.45, 2.75) is 32.5 Å². The van der Waals surface area contributed by atoms with E-state index >= 15 is 0 Å². The molecule has 150 valence electrons. The van der Waals surface area contributed by atoms with Crippen molar-refractivity contribution in [3.05, 3.63) is 90.0 Å². The van der Waals surface area contributed by atoms with Crippen molar-refractivity contribution in [1.82, 2.24) is 19.8 Å². The zero-order valence-corrected chi connectivity index (χ0v) is 16.8. The zero-order valence-electron chi connectivity index (χ0n) is 16.8. The summed E-state index contributed by atoms with van der Waals surface area (Å²) in [6.45, 7) is 3.44. The lowest BCUT2D eigenvalue weighted by Crippen LogP contribution is -2.48. The Morgan fingerprint density at radius 3 is 2.55 bits per heavy atom. The highest BCUT2D eigenvalue weighted by molar-refractivity contribution is 5.97. The molecule has 6 nitrogen and oxygen atoms in total. The Morgan fingerprint density at radius 1 is 1.10 bits per heavy atom. The van der Waals surface area contributed by atoms with Crippen LogP contribution in [-0.4, -0.2) is 39.4 Å². The van der Waals surface area contributed by atoms with E-state index in [1.807, 2.05) is 36.7 Å². The zero-order chi connectivity index (χ0) is 20.6. The standard InChI is InChI=1S/C23H26N4O2/c1-3-27-13-11-19(17-27)16-26(2)23(29)21(14-18-8-7-12-24-15-18)25-22(28)20-9-5-4-6-10-20/h4-13,15,17,21H,3,14,16H2,1-2H3,(H,25,28)/t21-/m0/s1. The molecule has 2 aromatic heterocycles. The first kappa shape index (κ1) is 20.3. The van der Waals surface area contributed by atoms with Crippen LogP contribution in [0.3, 0.4) is 0 Å². The first-order valence-corrected chi connectivity index (χ1v) is 9.71. The van der Waals surface area contributed by atoms with Crippen LogP contribution in [0.4, 0.5) is 0 Å². The van der Waals surface area contributed by atoms with Crippen LogP contribution in [-0.2, 0) is 24.3 Å². The lowest BCUT2D eigenvalue weighted by atomic mass is 10.1. The molecule has 3 aromatic rings.